The first kappa shape index (κ1) is 17.5. The third-order valence-electron chi connectivity index (χ3n) is 5.03. The lowest BCUT2D eigenvalue weighted by atomic mass is 9.97. The lowest BCUT2D eigenvalue weighted by molar-refractivity contribution is 0.134. The van der Waals surface area contributed by atoms with Crippen LogP contribution >= 0.6 is 0 Å². The van der Waals surface area contributed by atoms with Crippen molar-refractivity contribution < 1.29 is 14.6 Å². The van der Waals surface area contributed by atoms with Crippen molar-refractivity contribution in [2.45, 2.75) is 19.8 Å². The summed E-state index contributed by atoms with van der Waals surface area (Å²) in [5.41, 5.74) is 4.83. The molecule has 4 nitrogen and oxygen atoms in total. The quantitative estimate of drug-likeness (QED) is 0.842. The van der Waals surface area contributed by atoms with E-state index in [-0.39, 0.29) is 18.4 Å². The molecule has 1 unspecified atom stereocenters. The number of hydrogen-bond acceptors (Lipinski definition) is 3. The fourth-order valence-corrected chi connectivity index (χ4v) is 3.37. The number of nitrogens with one attached hydrogen (secondary N) is 1. The summed E-state index contributed by atoms with van der Waals surface area (Å²) in [6.45, 7) is 4.85. The van der Waals surface area contributed by atoms with Crippen molar-refractivity contribution in [2.24, 2.45) is 11.8 Å². The van der Waals surface area contributed by atoms with Gasteiger partial charge >= 0.3 is 6.09 Å². The number of aliphatic hydroxyl groups is 1. The number of rotatable bonds is 6. The van der Waals surface area contributed by atoms with Crippen LogP contribution in [0, 0.1) is 11.8 Å². The molecule has 2 N–H and O–H groups in total. The van der Waals surface area contributed by atoms with E-state index < -0.39 is 6.09 Å². The molecule has 2 aromatic rings. The Morgan fingerprint density at radius 1 is 1.08 bits per heavy atom. The number of aliphatic hydroxyl groups excluding tert-OH is 1. The zero-order valence-electron chi connectivity index (χ0n) is 14.7. The minimum absolute atomic E-state index is 0.0421. The van der Waals surface area contributed by atoms with Gasteiger partial charge in [0.2, 0.25) is 0 Å². The highest BCUT2D eigenvalue weighted by atomic mass is 16.5. The zero-order valence-corrected chi connectivity index (χ0v) is 14.7. The van der Waals surface area contributed by atoms with Crippen LogP contribution in [0.25, 0.3) is 11.1 Å². The van der Waals surface area contributed by atoms with Crippen molar-refractivity contribution in [3.8, 4) is 11.1 Å². The van der Waals surface area contributed by atoms with Gasteiger partial charge < -0.3 is 15.2 Å². The van der Waals surface area contributed by atoms with Crippen molar-refractivity contribution in [3.05, 3.63) is 59.7 Å². The molecule has 4 heteroatoms. The molecule has 1 atom stereocenters. The van der Waals surface area contributed by atoms with E-state index in [1.165, 1.54) is 22.3 Å². The van der Waals surface area contributed by atoms with Gasteiger partial charge in [-0.05, 0) is 28.2 Å². The molecular formula is C21H25NO3. The van der Waals surface area contributed by atoms with Crippen molar-refractivity contribution in [3.63, 3.8) is 0 Å². The summed E-state index contributed by atoms with van der Waals surface area (Å²) in [7, 11) is 0. The maximum Gasteiger partial charge on any atom is 0.407 e. The van der Waals surface area contributed by atoms with Crippen molar-refractivity contribution in [1.29, 1.82) is 0 Å². The van der Waals surface area contributed by atoms with Gasteiger partial charge in [0.25, 0.3) is 0 Å². The van der Waals surface area contributed by atoms with Gasteiger partial charge in [-0.3, -0.25) is 0 Å². The molecule has 25 heavy (non-hydrogen) atoms. The van der Waals surface area contributed by atoms with Gasteiger partial charge in [0.05, 0.1) is 0 Å². The van der Waals surface area contributed by atoms with Crippen LogP contribution in [0.1, 0.15) is 30.9 Å². The topological polar surface area (TPSA) is 58.6 Å². The van der Waals surface area contributed by atoms with E-state index in [1.54, 1.807) is 0 Å². The van der Waals surface area contributed by atoms with Gasteiger partial charge in [0.15, 0.2) is 0 Å². The number of ether oxygens (including phenoxy) is 1. The lowest BCUT2D eigenvalue weighted by Gasteiger charge is -2.19. The summed E-state index contributed by atoms with van der Waals surface area (Å²) in [6, 6.07) is 16.5. The van der Waals surface area contributed by atoms with Gasteiger partial charge in [-0.25, -0.2) is 4.79 Å². The first-order chi connectivity index (χ1) is 12.1. The number of carbonyl (C=O) groups excluding carboxylic acids is 1. The molecule has 0 bridgehead atoms. The van der Waals surface area contributed by atoms with Crippen LogP contribution in [0.5, 0.6) is 0 Å². The van der Waals surface area contributed by atoms with Crippen LogP contribution in [-0.2, 0) is 4.74 Å². The summed E-state index contributed by atoms with van der Waals surface area (Å²) >= 11 is 0. The maximum atomic E-state index is 12.1. The standard InChI is InChI=1S/C21H25NO3/c1-14(2)15(12-23)11-22-21(24)25-13-20-18-9-5-3-7-16(18)17-8-4-6-10-19(17)20/h3-10,14-15,20,23H,11-13H2,1-2H3,(H,22,24). The first-order valence-electron chi connectivity index (χ1n) is 8.81. The molecule has 0 saturated carbocycles. The number of fused-ring (bicyclic) bond motifs is 3. The number of benzene rings is 2. The third kappa shape index (κ3) is 3.69. The largest absolute Gasteiger partial charge is 0.449 e. The fraction of sp³-hybridized carbons (Fsp3) is 0.381. The monoisotopic (exact) mass is 339 g/mol. The van der Waals surface area contributed by atoms with Crippen LogP contribution in [0.2, 0.25) is 0 Å². The SMILES string of the molecule is CC(C)C(CO)CNC(=O)OCC1c2ccccc2-c2ccccc21. The van der Waals surface area contributed by atoms with Crippen LogP contribution in [-0.4, -0.2) is 31.0 Å². The van der Waals surface area contributed by atoms with Crippen LogP contribution in [0.3, 0.4) is 0 Å². The molecule has 132 valence electrons. The Bertz CT molecular complexity index is 696. The van der Waals surface area contributed by atoms with E-state index in [1.807, 2.05) is 38.1 Å². The fourth-order valence-electron chi connectivity index (χ4n) is 3.37. The number of carbonyl (C=O) groups is 1. The summed E-state index contributed by atoms with van der Waals surface area (Å²) in [5.74, 6) is 0.413. The Labute approximate surface area is 148 Å². The molecule has 0 fully saturated rings. The Morgan fingerprint density at radius 2 is 1.64 bits per heavy atom. The average Bonchev–Trinajstić information content (AvgIpc) is 2.94. The molecule has 2 aromatic carbocycles. The highest BCUT2D eigenvalue weighted by Crippen LogP contribution is 2.44. The normalized spacial score (nSPS) is 14.1. The highest BCUT2D eigenvalue weighted by Gasteiger charge is 2.29. The van der Waals surface area contributed by atoms with E-state index >= 15 is 0 Å². The van der Waals surface area contributed by atoms with E-state index in [0.29, 0.717) is 19.1 Å². The van der Waals surface area contributed by atoms with Crippen molar-refractivity contribution >= 4 is 6.09 Å². The van der Waals surface area contributed by atoms with Crippen LogP contribution < -0.4 is 5.32 Å². The molecule has 0 radical (unpaired) electrons. The third-order valence-corrected chi connectivity index (χ3v) is 5.03. The molecule has 0 saturated heterocycles. The molecular weight excluding hydrogens is 314 g/mol. The predicted octanol–water partition coefficient (Wildman–Crippen LogP) is 3.79. The summed E-state index contributed by atoms with van der Waals surface area (Å²) in [5, 5.41) is 12.1. The van der Waals surface area contributed by atoms with Crippen LogP contribution in [0.4, 0.5) is 4.79 Å². The second-order valence-corrected chi connectivity index (χ2v) is 6.89. The van der Waals surface area contributed by atoms with Gasteiger partial charge in [0.1, 0.15) is 6.61 Å². The average molecular weight is 339 g/mol. The van der Waals surface area contributed by atoms with E-state index in [9.17, 15) is 9.90 Å². The lowest BCUT2D eigenvalue weighted by Crippen LogP contribution is -2.34. The Kier molecular flexibility index (Phi) is 5.39. The summed E-state index contributed by atoms with van der Waals surface area (Å²) in [6.07, 6.45) is -0.430. The van der Waals surface area contributed by atoms with Gasteiger partial charge in [-0.1, -0.05) is 62.4 Å². The Balaban J connectivity index is 1.65. The Hall–Kier alpha value is -2.33. The van der Waals surface area contributed by atoms with Crippen LogP contribution in [0.15, 0.2) is 48.5 Å². The second-order valence-electron chi connectivity index (χ2n) is 6.89. The highest BCUT2D eigenvalue weighted by molar-refractivity contribution is 5.79. The van der Waals surface area contributed by atoms with E-state index in [0.717, 1.165) is 0 Å². The smallest absolute Gasteiger partial charge is 0.407 e. The predicted molar refractivity (Wildman–Crippen MR) is 98.5 cm³/mol. The van der Waals surface area contributed by atoms with E-state index in [4.69, 9.17) is 4.74 Å². The number of hydrogen-bond donors (Lipinski definition) is 2. The van der Waals surface area contributed by atoms with Crippen molar-refractivity contribution in [2.75, 3.05) is 19.8 Å². The molecule has 0 aliphatic heterocycles. The molecule has 0 spiro atoms. The molecule has 3 rings (SSSR count). The van der Waals surface area contributed by atoms with Gasteiger partial charge in [-0.15, -0.1) is 0 Å². The van der Waals surface area contributed by atoms with Crippen molar-refractivity contribution in [1.82, 2.24) is 5.32 Å². The number of alkyl carbamates (subject to hydrolysis) is 1. The Morgan fingerprint density at radius 3 is 2.16 bits per heavy atom. The molecule has 1 amide bonds. The van der Waals surface area contributed by atoms with Gasteiger partial charge in [-0.2, -0.15) is 0 Å². The molecule has 0 aromatic heterocycles. The maximum absolute atomic E-state index is 12.1. The van der Waals surface area contributed by atoms with E-state index in [2.05, 4.69) is 29.6 Å². The summed E-state index contributed by atoms with van der Waals surface area (Å²) < 4.78 is 5.48. The first-order valence-corrected chi connectivity index (χ1v) is 8.81. The zero-order chi connectivity index (χ0) is 17.8. The molecule has 1 aliphatic rings. The molecule has 1 aliphatic carbocycles. The minimum Gasteiger partial charge on any atom is -0.449 e. The van der Waals surface area contributed by atoms with Gasteiger partial charge in [0, 0.05) is 25.0 Å². The molecule has 0 heterocycles. The second kappa shape index (κ2) is 7.70. The summed E-state index contributed by atoms with van der Waals surface area (Å²) in [4.78, 5) is 12.1. The minimum atomic E-state index is -0.430. The number of amides is 1.